The number of carboxylic acid groups (broad SMARTS) is 1. The molecule has 0 spiro atoms. The summed E-state index contributed by atoms with van der Waals surface area (Å²) in [5.41, 5.74) is 2.39. The molecule has 104 valence electrons. The van der Waals surface area contributed by atoms with Gasteiger partial charge in [0.1, 0.15) is 5.75 Å². The van der Waals surface area contributed by atoms with Gasteiger partial charge in [0.05, 0.1) is 18.2 Å². The maximum absolute atomic E-state index is 10.8. The van der Waals surface area contributed by atoms with Crippen molar-refractivity contribution in [2.45, 2.75) is 26.4 Å². The van der Waals surface area contributed by atoms with Gasteiger partial charge in [0.15, 0.2) is 0 Å². The number of hydrogen-bond acceptors (Lipinski definition) is 3. The van der Waals surface area contributed by atoms with Crippen molar-refractivity contribution in [2.24, 2.45) is 0 Å². The lowest BCUT2D eigenvalue weighted by Crippen LogP contribution is -2.08. The van der Waals surface area contributed by atoms with Gasteiger partial charge in [-0.2, -0.15) is 0 Å². The van der Waals surface area contributed by atoms with Gasteiger partial charge in [-0.25, -0.2) is 0 Å². The predicted octanol–water partition coefficient (Wildman–Crippen LogP) is 3.16. The number of aliphatic carboxylic acids is 1. The van der Waals surface area contributed by atoms with E-state index in [0.29, 0.717) is 11.3 Å². The number of benzene rings is 1. The van der Waals surface area contributed by atoms with E-state index in [1.807, 2.05) is 38.1 Å². The Labute approximate surface area is 118 Å². The molecule has 2 aromatic rings. The first-order chi connectivity index (χ1) is 9.56. The highest BCUT2D eigenvalue weighted by Gasteiger charge is 2.11. The molecule has 1 heterocycles. The highest BCUT2D eigenvalue weighted by molar-refractivity contribution is 5.73. The molecular formula is C16H17NO3. The summed E-state index contributed by atoms with van der Waals surface area (Å²) in [5, 5.41) is 8.87. The van der Waals surface area contributed by atoms with Crippen LogP contribution in [-0.4, -0.2) is 22.2 Å². The van der Waals surface area contributed by atoms with Gasteiger partial charge in [0, 0.05) is 11.8 Å². The minimum absolute atomic E-state index is 0.0116. The van der Waals surface area contributed by atoms with Gasteiger partial charge in [-0.3, -0.25) is 9.78 Å². The minimum Gasteiger partial charge on any atom is -0.490 e. The van der Waals surface area contributed by atoms with Crippen molar-refractivity contribution in [3.8, 4) is 17.0 Å². The molecule has 1 aromatic carbocycles. The van der Waals surface area contributed by atoms with Crippen molar-refractivity contribution in [1.29, 1.82) is 0 Å². The van der Waals surface area contributed by atoms with E-state index in [9.17, 15) is 4.79 Å². The molecule has 1 aromatic heterocycles. The van der Waals surface area contributed by atoms with Crippen LogP contribution in [0.2, 0.25) is 0 Å². The van der Waals surface area contributed by atoms with Crippen LogP contribution in [0.5, 0.6) is 5.75 Å². The molecule has 4 heteroatoms. The van der Waals surface area contributed by atoms with Crippen LogP contribution in [0.25, 0.3) is 11.3 Å². The Balaban J connectivity index is 2.42. The molecule has 0 aliphatic carbocycles. The number of ether oxygens (including phenoxy) is 1. The van der Waals surface area contributed by atoms with Crippen molar-refractivity contribution in [2.75, 3.05) is 0 Å². The van der Waals surface area contributed by atoms with Crippen LogP contribution < -0.4 is 4.74 Å². The van der Waals surface area contributed by atoms with Crippen molar-refractivity contribution < 1.29 is 14.6 Å². The lowest BCUT2D eigenvalue weighted by Gasteiger charge is -2.15. The van der Waals surface area contributed by atoms with Gasteiger partial charge in [0.25, 0.3) is 0 Å². The van der Waals surface area contributed by atoms with Gasteiger partial charge in [-0.1, -0.05) is 12.1 Å². The third-order valence-electron chi connectivity index (χ3n) is 2.70. The SMILES string of the molecule is CC(C)Oc1cc(CC(=O)O)ccc1-c1ccccn1. The fourth-order valence-corrected chi connectivity index (χ4v) is 1.94. The maximum Gasteiger partial charge on any atom is 0.307 e. The van der Waals surface area contributed by atoms with Crippen LogP contribution in [0, 0.1) is 0 Å². The Bertz CT molecular complexity index is 594. The Kier molecular flexibility index (Phi) is 4.35. The zero-order chi connectivity index (χ0) is 14.5. The van der Waals surface area contributed by atoms with Gasteiger partial charge < -0.3 is 9.84 Å². The third kappa shape index (κ3) is 3.57. The van der Waals surface area contributed by atoms with Crippen molar-refractivity contribution in [3.05, 3.63) is 48.2 Å². The summed E-state index contributed by atoms with van der Waals surface area (Å²) in [6, 6.07) is 11.1. The van der Waals surface area contributed by atoms with E-state index >= 15 is 0 Å². The van der Waals surface area contributed by atoms with Gasteiger partial charge in [0.2, 0.25) is 0 Å². The molecule has 0 aliphatic rings. The molecular weight excluding hydrogens is 254 g/mol. The molecule has 20 heavy (non-hydrogen) atoms. The summed E-state index contributed by atoms with van der Waals surface area (Å²) < 4.78 is 5.79. The second-order valence-corrected chi connectivity index (χ2v) is 4.78. The number of carbonyl (C=O) groups is 1. The number of nitrogens with zero attached hydrogens (tertiary/aromatic N) is 1. The average Bonchev–Trinajstić information content (AvgIpc) is 2.38. The summed E-state index contributed by atoms with van der Waals surface area (Å²) in [7, 11) is 0. The van der Waals surface area contributed by atoms with E-state index in [0.717, 1.165) is 11.3 Å². The molecule has 2 rings (SSSR count). The Morgan fingerprint density at radius 1 is 1.30 bits per heavy atom. The summed E-state index contributed by atoms with van der Waals surface area (Å²) in [6.07, 6.45) is 1.72. The first-order valence-corrected chi connectivity index (χ1v) is 6.49. The number of hydrogen-bond donors (Lipinski definition) is 1. The molecule has 0 saturated heterocycles. The molecule has 0 amide bonds. The minimum atomic E-state index is -0.855. The van der Waals surface area contributed by atoms with Crippen LogP contribution in [0.15, 0.2) is 42.6 Å². The summed E-state index contributed by atoms with van der Waals surface area (Å²) >= 11 is 0. The number of carboxylic acids is 1. The highest BCUT2D eigenvalue weighted by Crippen LogP contribution is 2.30. The molecule has 0 atom stereocenters. The fourth-order valence-electron chi connectivity index (χ4n) is 1.94. The normalized spacial score (nSPS) is 10.6. The van der Waals surface area contributed by atoms with E-state index in [4.69, 9.17) is 9.84 Å². The molecule has 1 N–H and O–H groups in total. The maximum atomic E-state index is 10.8. The summed E-state index contributed by atoms with van der Waals surface area (Å²) in [4.78, 5) is 15.1. The quantitative estimate of drug-likeness (QED) is 0.907. The van der Waals surface area contributed by atoms with Crippen molar-refractivity contribution in [1.82, 2.24) is 4.98 Å². The molecule has 0 unspecified atom stereocenters. The lowest BCUT2D eigenvalue weighted by molar-refractivity contribution is -0.136. The van der Waals surface area contributed by atoms with E-state index in [-0.39, 0.29) is 12.5 Å². The standard InChI is InChI=1S/C16H17NO3/c1-11(2)20-15-9-12(10-16(18)19)6-7-13(15)14-5-3-4-8-17-14/h3-9,11H,10H2,1-2H3,(H,18,19). The van der Waals surface area contributed by atoms with Gasteiger partial charge in [-0.15, -0.1) is 0 Å². The number of aromatic nitrogens is 1. The van der Waals surface area contributed by atoms with E-state index < -0.39 is 5.97 Å². The van der Waals surface area contributed by atoms with Crippen LogP contribution in [0.3, 0.4) is 0 Å². The third-order valence-corrected chi connectivity index (χ3v) is 2.70. The lowest BCUT2D eigenvalue weighted by atomic mass is 10.0. The first-order valence-electron chi connectivity index (χ1n) is 6.49. The molecule has 0 aliphatic heterocycles. The van der Waals surface area contributed by atoms with Crippen LogP contribution >= 0.6 is 0 Å². The Morgan fingerprint density at radius 2 is 2.10 bits per heavy atom. The molecule has 0 saturated carbocycles. The fraction of sp³-hybridized carbons (Fsp3) is 0.250. The second-order valence-electron chi connectivity index (χ2n) is 4.78. The van der Waals surface area contributed by atoms with E-state index in [2.05, 4.69) is 4.98 Å². The van der Waals surface area contributed by atoms with Gasteiger partial charge in [-0.05, 0) is 43.7 Å². The van der Waals surface area contributed by atoms with Gasteiger partial charge >= 0.3 is 5.97 Å². The first kappa shape index (κ1) is 14.1. The van der Waals surface area contributed by atoms with Crippen molar-refractivity contribution >= 4 is 5.97 Å². The monoisotopic (exact) mass is 271 g/mol. The highest BCUT2D eigenvalue weighted by atomic mass is 16.5. The van der Waals surface area contributed by atoms with Crippen LogP contribution in [0.1, 0.15) is 19.4 Å². The molecule has 0 bridgehead atoms. The predicted molar refractivity (Wildman–Crippen MR) is 76.8 cm³/mol. The van der Waals surface area contributed by atoms with Crippen LogP contribution in [0.4, 0.5) is 0 Å². The number of rotatable bonds is 5. The van der Waals surface area contributed by atoms with E-state index in [1.54, 1.807) is 18.3 Å². The van der Waals surface area contributed by atoms with E-state index in [1.165, 1.54) is 0 Å². The summed E-state index contributed by atoms with van der Waals surface area (Å²) in [6.45, 7) is 3.87. The second kappa shape index (κ2) is 6.19. The average molecular weight is 271 g/mol. The smallest absolute Gasteiger partial charge is 0.307 e. The largest absolute Gasteiger partial charge is 0.490 e. The number of pyridine rings is 1. The molecule has 0 radical (unpaired) electrons. The zero-order valence-electron chi connectivity index (χ0n) is 11.5. The topological polar surface area (TPSA) is 59.4 Å². The molecule has 4 nitrogen and oxygen atoms in total. The Morgan fingerprint density at radius 3 is 2.70 bits per heavy atom. The van der Waals surface area contributed by atoms with Crippen molar-refractivity contribution in [3.63, 3.8) is 0 Å². The Hall–Kier alpha value is -2.36. The zero-order valence-corrected chi connectivity index (χ0v) is 11.5. The van der Waals surface area contributed by atoms with Crippen LogP contribution in [-0.2, 0) is 11.2 Å². The molecule has 0 fully saturated rings. The summed E-state index contributed by atoms with van der Waals surface area (Å²) in [5.74, 6) is -0.191.